The number of hydrogen-bond donors (Lipinski definition) is 1. The second kappa shape index (κ2) is 18.0. The molecule has 1 heterocycles. The van der Waals surface area contributed by atoms with Gasteiger partial charge in [-0.05, 0) is 63.6 Å². The molecule has 2 nitrogen and oxygen atoms in total. The van der Waals surface area contributed by atoms with Crippen LogP contribution in [0.25, 0.3) is 0 Å². The van der Waals surface area contributed by atoms with E-state index in [-0.39, 0.29) is 5.41 Å². The third-order valence-corrected chi connectivity index (χ3v) is 7.45. The minimum absolute atomic E-state index is 0.0605. The molecule has 1 aliphatic rings. The molecular formula is C31H51NO. The smallest absolute Gasteiger partial charge is 0.133 e. The molecule has 0 aromatic heterocycles. The Balaban J connectivity index is 1.47. The molecule has 0 radical (unpaired) electrons. The van der Waals surface area contributed by atoms with Gasteiger partial charge in [0.05, 0.1) is 0 Å². The predicted octanol–water partition coefficient (Wildman–Crippen LogP) is 8.69. The molecule has 1 aromatic rings. The van der Waals surface area contributed by atoms with Gasteiger partial charge in [0.15, 0.2) is 0 Å². The Morgan fingerprint density at radius 2 is 1.33 bits per heavy atom. The number of hydrogen-bond acceptors (Lipinski definition) is 2. The van der Waals surface area contributed by atoms with E-state index in [0.29, 0.717) is 5.78 Å². The van der Waals surface area contributed by atoms with Crippen molar-refractivity contribution in [1.29, 1.82) is 0 Å². The lowest BCUT2D eigenvalue weighted by Crippen LogP contribution is -2.41. The second-order valence-corrected chi connectivity index (χ2v) is 10.3. The lowest BCUT2D eigenvalue weighted by molar-refractivity contribution is -0.120. The molecule has 0 bridgehead atoms. The number of piperidine rings is 1. The maximum Gasteiger partial charge on any atom is 0.133 e. The van der Waals surface area contributed by atoms with Crippen molar-refractivity contribution < 1.29 is 4.79 Å². The van der Waals surface area contributed by atoms with Gasteiger partial charge in [0.25, 0.3) is 0 Å². The van der Waals surface area contributed by atoms with Crippen LogP contribution in [-0.4, -0.2) is 18.9 Å². The number of benzene rings is 1. The van der Waals surface area contributed by atoms with E-state index in [0.717, 1.165) is 45.2 Å². The Morgan fingerprint density at radius 1 is 0.788 bits per heavy atom. The van der Waals surface area contributed by atoms with Crippen LogP contribution in [0.15, 0.2) is 42.5 Å². The first-order chi connectivity index (χ1) is 16.3. The van der Waals surface area contributed by atoms with E-state index in [9.17, 15) is 4.79 Å². The quantitative estimate of drug-likeness (QED) is 0.168. The van der Waals surface area contributed by atoms with Crippen LogP contribution in [0.5, 0.6) is 0 Å². The molecule has 0 atom stereocenters. The van der Waals surface area contributed by atoms with Crippen molar-refractivity contribution in [3.63, 3.8) is 0 Å². The highest BCUT2D eigenvalue weighted by Gasteiger charge is 2.35. The molecule has 1 saturated heterocycles. The van der Waals surface area contributed by atoms with Gasteiger partial charge >= 0.3 is 0 Å². The van der Waals surface area contributed by atoms with Gasteiger partial charge in [-0.3, -0.25) is 4.79 Å². The maximum absolute atomic E-state index is 12.8. The Hall–Kier alpha value is -1.41. The molecule has 33 heavy (non-hydrogen) atoms. The molecule has 2 rings (SSSR count). The minimum atomic E-state index is 0.0605. The average Bonchev–Trinajstić information content (AvgIpc) is 2.85. The monoisotopic (exact) mass is 453 g/mol. The van der Waals surface area contributed by atoms with Crippen molar-refractivity contribution in [2.24, 2.45) is 0 Å². The van der Waals surface area contributed by atoms with E-state index < -0.39 is 0 Å². The summed E-state index contributed by atoms with van der Waals surface area (Å²) in [4.78, 5) is 12.8. The number of carbonyl (C=O) groups excluding carboxylic acids is 1. The molecule has 0 amide bonds. The van der Waals surface area contributed by atoms with E-state index >= 15 is 0 Å². The van der Waals surface area contributed by atoms with Crippen molar-refractivity contribution in [2.45, 2.75) is 128 Å². The van der Waals surface area contributed by atoms with Gasteiger partial charge in [-0.1, -0.05) is 107 Å². The second-order valence-electron chi connectivity index (χ2n) is 10.3. The zero-order valence-corrected chi connectivity index (χ0v) is 21.6. The first-order valence-corrected chi connectivity index (χ1v) is 14.2. The normalized spacial score (nSPS) is 15.8. The summed E-state index contributed by atoms with van der Waals surface area (Å²) in [6.45, 7) is 4.33. The van der Waals surface area contributed by atoms with Gasteiger partial charge in [-0.25, -0.2) is 0 Å². The Kier molecular flexibility index (Phi) is 15.2. The van der Waals surface area contributed by atoms with E-state index in [2.05, 4.69) is 54.7 Å². The standard InChI is InChI=1S/C31H51NO/c1-2-3-4-5-6-7-8-9-10-11-12-13-14-15-16-20-23-30(33)28-31(24-26-32-27-25-31)29-21-18-17-19-22-29/h10-11,17-19,21-22,32H,2-9,12-16,20,23-28H2,1H3/b11-10+. The van der Waals surface area contributed by atoms with Crippen LogP contribution in [0.2, 0.25) is 0 Å². The van der Waals surface area contributed by atoms with Crippen LogP contribution in [0, 0.1) is 0 Å². The van der Waals surface area contributed by atoms with Crippen LogP contribution in [0.1, 0.15) is 128 Å². The maximum atomic E-state index is 12.8. The highest BCUT2D eigenvalue weighted by atomic mass is 16.1. The van der Waals surface area contributed by atoms with E-state index in [1.165, 1.54) is 89.0 Å². The summed E-state index contributed by atoms with van der Waals surface area (Å²) in [6.07, 6.45) is 26.8. The van der Waals surface area contributed by atoms with Crippen LogP contribution >= 0.6 is 0 Å². The number of allylic oxidation sites excluding steroid dienone is 2. The number of rotatable bonds is 19. The van der Waals surface area contributed by atoms with E-state index in [1.807, 2.05) is 0 Å². The summed E-state index contributed by atoms with van der Waals surface area (Å²) in [6, 6.07) is 10.8. The first-order valence-electron chi connectivity index (χ1n) is 14.2. The number of carbonyl (C=O) groups is 1. The predicted molar refractivity (Wildman–Crippen MR) is 144 cm³/mol. The van der Waals surface area contributed by atoms with Gasteiger partial charge in [0.2, 0.25) is 0 Å². The van der Waals surface area contributed by atoms with Crippen LogP contribution in [-0.2, 0) is 10.2 Å². The number of ketones is 1. The van der Waals surface area contributed by atoms with Crippen molar-refractivity contribution in [1.82, 2.24) is 5.32 Å². The molecule has 0 aliphatic carbocycles. The molecule has 0 saturated carbocycles. The molecule has 0 spiro atoms. The third-order valence-electron chi connectivity index (χ3n) is 7.45. The zero-order chi connectivity index (χ0) is 23.5. The van der Waals surface area contributed by atoms with E-state index in [4.69, 9.17) is 0 Å². The van der Waals surface area contributed by atoms with Crippen molar-refractivity contribution in [3.8, 4) is 0 Å². The van der Waals surface area contributed by atoms with E-state index in [1.54, 1.807) is 0 Å². The topological polar surface area (TPSA) is 29.1 Å². The van der Waals surface area contributed by atoms with Crippen molar-refractivity contribution in [2.75, 3.05) is 13.1 Å². The summed E-state index contributed by atoms with van der Waals surface area (Å²) < 4.78 is 0. The summed E-state index contributed by atoms with van der Waals surface area (Å²) in [5, 5.41) is 3.47. The number of Topliss-reactive ketones (excluding diaryl/α,β-unsaturated/α-hetero) is 1. The van der Waals surface area contributed by atoms with Crippen LogP contribution in [0.3, 0.4) is 0 Å². The molecule has 1 aromatic carbocycles. The molecule has 0 unspecified atom stereocenters. The van der Waals surface area contributed by atoms with Gasteiger partial charge in [-0.2, -0.15) is 0 Å². The molecule has 1 aliphatic heterocycles. The fourth-order valence-corrected chi connectivity index (χ4v) is 5.30. The van der Waals surface area contributed by atoms with Crippen LogP contribution in [0.4, 0.5) is 0 Å². The van der Waals surface area contributed by atoms with Crippen molar-refractivity contribution in [3.05, 3.63) is 48.0 Å². The largest absolute Gasteiger partial charge is 0.317 e. The minimum Gasteiger partial charge on any atom is -0.317 e. The Morgan fingerprint density at radius 3 is 1.94 bits per heavy atom. The zero-order valence-electron chi connectivity index (χ0n) is 21.6. The molecule has 2 heteroatoms. The van der Waals surface area contributed by atoms with Gasteiger partial charge in [0.1, 0.15) is 5.78 Å². The summed E-state index contributed by atoms with van der Waals surface area (Å²) in [5.41, 5.74) is 1.42. The van der Waals surface area contributed by atoms with Crippen molar-refractivity contribution >= 4 is 5.78 Å². The summed E-state index contributed by atoms with van der Waals surface area (Å²) >= 11 is 0. The highest BCUT2D eigenvalue weighted by Crippen LogP contribution is 2.37. The summed E-state index contributed by atoms with van der Waals surface area (Å²) in [7, 11) is 0. The Bertz CT molecular complexity index is 630. The average molecular weight is 454 g/mol. The molecular weight excluding hydrogens is 402 g/mol. The van der Waals surface area contributed by atoms with Crippen LogP contribution < -0.4 is 5.32 Å². The number of nitrogens with one attached hydrogen (secondary N) is 1. The highest BCUT2D eigenvalue weighted by molar-refractivity contribution is 5.80. The first kappa shape index (κ1) is 27.8. The SMILES string of the molecule is CCCCCCCCC/C=C/CCCCCCCC(=O)CC1(c2ccccc2)CCNCC1. The summed E-state index contributed by atoms with van der Waals surface area (Å²) in [5.74, 6) is 0.467. The molecule has 1 N–H and O–H groups in total. The Labute approximate surface area is 205 Å². The lowest BCUT2D eigenvalue weighted by Gasteiger charge is -2.38. The lowest BCUT2D eigenvalue weighted by atomic mass is 9.69. The molecule has 186 valence electrons. The number of unbranched alkanes of at least 4 members (excludes halogenated alkanes) is 12. The fourth-order valence-electron chi connectivity index (χ4n) is 5.30. The third kappa shape index (κ3) is 12.0. The van der Waals surface area contributed by atoms with Gasteiger partial charge < -0.3 is 5.32 Å². The van der Waals surface area contributed by atoms with Gasteiger partial charge in [-0.15, -0.1) is 0 Å². The fraction of sp³-hybridized carbons (Fsp3) is 0.710. The molecule has 1 fully saturated rings. The van der Waals surface area contributed by atoms with Gasteiger partial charge in [0, 0.05) is 18.3 Å².